The van der Waals surface area contributed by atoms with Crippen LogP contribution in [0.4, 0.5) is 5.69 Å². The molecule has 2 aliphatic heterocycles. The molecule has 0 aliphatic carbocycles. The molecule has 0 bridgehead atoms. The van der Waals surface area contributed by atoms with Crippen molar-refractivity contribution < 1.29 is 4.79 Å². The molecular formula is C9H8N4O. The van der Waals surface area contributed by atoms with Crippen LogP contribution in [0.1, 0.15) is 5.69 Å². The van der Waals surface area contributed by atoms with Gasteiger partial charge in [-0.2, -0.15) is 0 Å². The monoisotopic (exact) mass is 188 g/mol. The number of carbonyl (C=O) groups is 1. The van der Waals surface area contributed by atoms with E-state index < -0.39 is 0 Å². The summed E-state index contributed by atoms with van der Waals surface area (Å²) < 4.78 is 0. The Bertz CT molecular complexity index is 440. The van der Waals surface area contributed by atoms with E-state index in [2.05, 4.69) is 15.3 Å². The van der Waals surface area contributed by atoms with Crippen LogP contribution in [-0.2, 0) is 11.3 Å². The van der Waals surface area contributed by atoms with Crippen molar-refractivity contribution in [2.45, 2.75) is 6.54 Å². The second-order valence-electron chi connectivity index (χ2n) is 3.31. The molecule has 1 fully saturated rings. The fourth-order valence-electron chi connectivity index (χ4n) is 1.67. The molecule has 5 nitrogen and oxygen atoms in total. The molecule has 1 amide bonds. The number of nitrogens with zero attached hydrogens (tertiary/aromatic N) is 3. The van der Waals surface area contributed by atoms with Crippen LogP contribution in [0.15, 0.2) is 23.3 Å². The summed E-state index contributed by atoms with van der Waals surface area (Å²) in [4.78, 5) is 21.5. The maximum atomic E-state index is 11.1. The Morgan fingerprint density at radius 3 is 3.29 bits per heavy atom. The van der Waals surface area contributed by atoms with E-state index in [1.807, 2.05) is 17.0 Å². The first-order chi connectivity index (χ1) is 6.83. The standard InChI is InChI=1S/C9H8N4O/c14-8-5-13-4-7-6(2-1-3-10-7)11-9(13)12-8/h1-3H,4-5H2,(H,11,12,14). The zero-order valence-electron chi connectivity index (χ0n) is 7.40. The average Bonchev–Trinajstić information content (AvgIpc) is 2.53. The van der Waals surface area contributed by atoms with Crippen LogP contribution in [-0.4, -0.2) is 28.3 Å². The first kappa shape index (κ1) is 7.49. The number of carbonyl (C=O) groups excluding carboxylic acids is 1. The minimum absolute atomic E-state index is 0.00319. The number of aromatic nitrogens is 1. The van der Waals surface area contributed by atoms with Gasteiger partial charge in [-0.25, -0.2) is 4.99 Å². The Labute approximate surface area is 80.5 Å². The lowest BCUT2D eigenvalue weighted by Gasteiger charge is -2.21. The normalized spacial score (nSPS) is 18.4. The van der Waals surface area contributed by atoms with Gasteiger partial charge in [-0.1, -0.05) is 0 Å². The van der Waals surface area contributed by atoms with Crippen LogP contribution in [0.25, 0.3) is 0 Å². The lowest BCUT2D eigenvalue weighted by Crippen LogP contribution is -2.32. The van der Waals surface area contributed by atoms with Gasteiger partial charge in [0, 0.05) is 6.20 Å². The minimum Gasteiger partial charge on any atom is -0.327 e. The van der Waals surface area contributed by atoms with Crippen LogP contribution < -0.4 is 5.32 Å². The second-order valence-corrected chi connectivity index (χ2v) is 3.31. The molecule has 3 rings (SSSR count). The van der Waals surface area contributed by atoms with E-state index >= 15 is 0 Å². The molecule has 1 aromatic rings. The van der Waals surface area contributed by atoms with Crippen LogP contribution in [0.5, 0.6) is 0 Å². The highest BCUT2D eigenvalue weighted by Crippen LogP contribution is 2.24. The van der Waals surface area contributed by atoms with Crippen molar-refractivity contribution in [1.29, 1.82) is 0 Å². The highest BCUT2D eigenvalue weighted by Gasteiger charge is 2.29. The van der Waals surface area contributed by atoms with Crippen molar-refractivity contribution in [2.24, 2.45) is 4.99 Å². The van der Waals surface area contributed by atoms with E-state index in [0.29, 0.717) is 19.0 Å². The van der Waals surface area contributed by atoms with Crippen molar-refractivity contribution in [2.75, 3.05) is 6.54 Å². The summed E-state index contributed by atoms with van der Waals surface area (Å²) in [5, 5.41) is 2.71. The predicted molar refractivity (Wildman–Crippen MR) is 49.9 cm³/mol. The smallest absolute Gasteiger partial charge is 0.246 e. The van der Waals surface area contributed by atoms with Crippen molar-refractivity contribution in [1.82, 2.24) is 15.2 Å². The van der Waals surface area contributed by atoms with Gasteiger partial charge in [-0.05, 0) is 12.1 Å². The topological polar surface area (TPSA) is 57.6 Å². The van der Waals surface area contributed by atoms with Crippen molar-refractivity contribution in [3.63, 3.8) is 0 Å². The third kappa shape index (κ3) is 0.985. The zero-order chi connectivity index (χ0) is 9.54. The molecule has 0 spiro atoms. The maximum absolute atomic E-state index is 11.1. The first-order valence-corrected chi connectivity index (χ1v) is 4.40. The Kier molecular flexibility index (Phi) is 1.36. The molecule has 14 heavy (non-hydrogen) atoms. The van der Waals surface area contributed by atoms with Gasteiger partial charge >= 0.3 is 0 Å². The summed E-state index contributed by atoms with van der Waals surface area (Å²) in [5.74, 6) is 0.645. The second kappa shape index (κ2) is 2.54. The molecule has 70 valence electrons. The lowest BCUT2D eigenvalue weighted by atomic mass is 10.2. The van der Waals surface area contributed by atoms with Gasteiger partial charge in [-0.15, -0.1) is 0 Å². The van der Waals surface area contributed by atoms with Crippen molar-refractivity contribution in [3.8, 4) is 0 Å². The predicted octanol–water partition coefficient (Wildman–Crippen LogP) is 0.0145. The number of rotatable bonds is 0. The average molecular weight is 188 g/mol. The maximum Gasteiger partial charge on any atom is 0.246 e. The largest absolute Gasteiger partial charge is 0.327 e. The molecule has 0 radical (unpaired) electrons. The number of aliphatic imine (C=N–C) groups is 1. The van der Waals surface area contributed by atoms with E-state index in [4.69, 9.17) is 0 Å². The van der Waals surface area contributed by atoms with Crippen LogP contribution in [0, 0.1) is 0 Å². The molecule has 1 N–H and O–H groups in total. The summed E-state index contributed by atoms with van der Waals surface area (Å²) in [6.45, 7) is 1.04. The molecule has 1 saturated heterocycles. The van der Waals surface area contributed by atoms with Gasteiger partial charge in [0.1, 0.15) is 6.54 Å². The van der Waals surface area contributed by atoms with Crippen LogP contribution in [0.3, 0.4) is 0 Å². The number of pyridine rings is 1. The van der Waals surface area contributed by atoms with Gasteiger partial charge < -0.3 is 4.90 Å². The lowest BCUT2D eigenvalue weighted by molar-refractivity contribution is -0.118. The first-order valence-electron chi connectivity index (χ1n) is 4.40. The van der Waals surface area contributed by atoms with Crippen LogP contribution >= 0.6 is 0 Å². The van der Waals surface area contributed by atoms with E-state index in [-0.39, 0.29) is 5.91 Å². The highest BCUT2D eigenvalue weighted by molar-refractivity contribution is 6.05. The SMILES string of the molecule is O=C1CN2Cc3ncccc3N=C2N1. The summed E-state index contributed by atoms with van der Waals surface area (Å²) in [6, 6.07) is 3.74. The highest BCUT2D eigenvalue weighted by atomic mass is 16.2. The Balaban J connectivity index is 2.07. The van der Waals surface area contributed by atoms with E-state index in [1.165, 1.54) is 0 Å². The van der Waals surface area contributed by atoms with Crippen LogP contribution in [0.2, 0.25) is 0 Å². The Morgan fingerprint density at radius 2 is 2.36 bits per heavy atom. The summed E-state index contributed by atoms with van der Waals surface area (Å²) in [5.41, 5.74) is 1.77. The van der Waals surface area contributed by atoms with Gasteiger partial charge in [0.15, 0.2) is 0 Å². The molecular weight excluding hydrogens is 180 g/mol. The number of nitrogens with one attached hydrogen (secondary N) is 1. The quantitative estimate of drug-likeness (QED) is 0.624. The number of amides is 1. The Morgan fingerprint density at radius 1 is 1.43 bits per heavy atom. The van der Waals surface area contributed by atoms with E-state index in [1.54, 1.807) is 6.20 Å². The molecule has 2 aliphatic rings. The molecule has 1 aromatic heterocycles. The fourth-order valence-corrected chi connectivity index (χ4v) is 1.67. The third-order valence-electron chi connectivity index (χ3n) is 2.32. The van der Waals surface area contributed by atoms with Crippen molar-refractivity contribution in [3.05, 3.63) is 24.0 Å². The number of hydrogen-bond donors (Lipinski definition) is 1. The molecule has 0 saturated carbocycles. The number of guanidine groups is 1. The van der Waals surface area contributed by atoms with Gasteiger partial charge in [-0.3, -0.25) is 15.1 Å². The number of hydrogen-bond acceptors (Lipinski definition) is 4. The minimum atomic E-state index is -0.00319. The third-order valence-corrected chi connectivity index (χ3v) is 2.32. The van der Waals surface area contributed by atoms with Crippen molar-refractivity contribution >= 4 is 17.6 Å². The summed E-state index contributed by atoms with van der Waals surface area (Å²) in [6.07, 6.45) is 1.74. The molecule has 0 aromatic carbocycles. The fraction of sp³-hybridized carbons (Fsp3) is 0.222. The number of fused-ring (bicyclic) bond motifs is 2. The Hall–Kier alpha value is -1.91. The summed E-state index contributed by atoms with van der Waals surface area (Å²) >= 11 is 0. The molecule has 0 unspecified atom stereocenters. The molecule has 5 heteroatoms. The van der Waals surface area contributed by atoms with Gasteiger partial charge in [0.05, 0.1) is 17.9 Å². The van der Waals surface area contributed by atoms with E-state index in [9.17, 15) is 4.79 Å². The van der Waals surface area contributed by atoms with Gasteiger partial charge in [0.25, 0.3) is 0 Å². The zero-order valence-corrected chi connectivity index (χ0v) is 7.40. The van der Waals surface area contributed by atoms with Gasteiger partial charge in [0.2, 0.25) is 11.9 Å². The summed E-state index contributed by atoms with van der Waals surface area (Å²) in [7, 11) is 0. The van der Waals surface area contributed by atoms with E-state index in [0.717, 1.165) is 11.4 Å². The molecule has 0 atom stereocenters. The molecule has 3 heterocycles.